The van der Waals surface area contributed by atoms with Crippen LogP contribution in [0, 0.1) is 6.92 Å². The van der Waals surface area contributed by atoms with E-state index in [4.69, 9.17) is 11.6 Å². The lowest BCUT2D eigenvalue weighted by molar-refractivity contribution is -0.133. The molecule has 2 heterocycles. The third kappa shape index (κ3) is 3.80. The number of halogens is 1. The van der Waals surface area contributed by atoms with Crippen LogP contribution in [0.25, 0.3) is 5.69 Å². The van der Waals surface area contributed by atoms with E-state index in [0.717, 1.165) is 4.90 Å². The van der Waals surface area contributed by atoms with Gasteiger partial charge in [-0.3, -0.25) is 24.0 Å². The van der Waals surface area contributed by atoms with Gasteiger partial charge in [-0.1, -0.05) is 41.9 Å². The smallest absolute Gasteiger partial charge is 0.319 e. The maximum atomic E-state index is 13.0. The van der Waals surface area contributed by atoms with Gasteiger partial charge in [0, 0.05) is 12.1 Å². The second-order valence-electron chi connectivity index (χ2n) is 7.94. The topological polar surface area (TPSA) is 105 Å². The van der Waals surface area contributed by atoms with Gasteiger partial charge in [0.05, 0.1) is 11.4 Å². The fourth-order valence-corrected chi connectivity index (χ4v) is 3.98. The third-order valence-corrected chi connectivity index (χ3v) is 6.07. The minimum atomic E-state index is -1.33. The lowest BCUT2D eigenvalue weighted by Gasteiger charge is -2.22. The number of carbonyl (C=O) groups is 3. The molecule has 4 rings (SSSR count). The molecule has 1 aliphatic rings. The van der Waals surface area contributed by atoms with Gasteiger partial charge >= 0.3 is 6.03 Å². The zero-order chi connectivity index (χ0) is 23.9. The highest BCUT2D eigenvalue weighted by molar-refractivity contribution is 6.30. The van der Waals surface area contributed by atoms with Crippen molar-refractivity contribution >= 4 is 35.1 Å². The van der Waals surface area contributed by atoms with Gasteiger partial charge in [0.2, 0.25) is 5.91 Å². The van der Waals surface area contributed by atoms with Gasteiger partial charge in [0.15, 0.2) is 0 Å². The first-order valence-electron chi connectivity index (χ1n) is 10.2. The lowest BCUT2D eigenvalue weighted by atomic mass is 9.92. The van der Waals surface area contributed by atoms with Crippen LogP contribution < -0.4 is 16.2 Å². The van der Waals surface area contributed by atoms with Crippen LogP contribution in [0.3, 0.4) is 0 Å². The monoisotopic (exact) mass is 467 g/mol. The predicted octanol–water partition coefficient (Wildman–Crippen LogP) is 2.54. The highest BCUT2D eigenvalue weighted by atomic mass is 35.5. The van der Waals surface area contributed by atoms with Gasteiger partial charge in [0.1, 0.15) is 17.8 Å². The van der Waals surface area contributed by atoms with Crippen molar-refractivity contribution in [3.05, 3.63) is 81.2 Å². The largest absolute Gasteiger partial charge is 0.325 e. The molecular weight excluding hydrogens is 446 g/mol. The van der Waals surface area contributed by atoms with E-state index in [2.05, 4.69) is 10.6 Å². The maximum Gasteiger partial charge on any atom is 0.325 e. The van der Waals surface area contributed by atoms with Crippen molar-refractivity contribution in [1.82, 2.24) is 19.6 Å². The first kappa shape index (κ1) is 22.3. The van der Waals surface area contributed by atoms with E-state index in [1.165, 1.54) is 4.68 Å². The van der Waals surface area contributed by atoms with Crippen molar-refractivity contribution < 1.29 is 14.4 Å². The minimum Gasteiger partial charge on any atom is -0.319 e. The molecule has 0 saturated carbocycles. The van der Waals surface area contributed by atoms with Gasteiger partial charge < -0.3 is 10.6 Å². The highest BCUT2D eigenvalue weighted by Gasteiger charge is 2.49. The summed E-state index contributed by atoms with van der Waals surface area (Å²) in [6, 6.07) is 14.8. The summed E-state index contributed by atoms with van der Waals surface area (Å²) in [4.78, 5) is 52.1. The van der Waals surface area contributed by atoms with Crippen molar-refractivity contribution in [2.45, 2.75) is 19.4 Å². The van der Waals surface area contributed by atoms with E-state index in [-0.39, 0.29) is 5.69 Å². The fourth-order valence-electron chi connectivity index (χ4n) is 3.85. The third-order valence-electron chi connectivity index (χ3n) is 5.82. The molecule has 0 radical (unpaired) electrons. The van der Waals surface area contributed by atoms with Crippen LogP contribution in [0.5, 0.6) is 0 Å². The van der Waals surface area contributed by atoms with E-state index in [1.807, 2.05) is 6.07 Å². The Morgan fingerprint density at radius 1 is 1.06 bits per heavy atom. The van der Waals surface area contributed by atoms with Gasteiger partial charge in [-0.2, -0.15) is 0 Å². The molecule has 1 aliphatic heterocycles. The number of urea groups is 1. The fraction of sp³-hybridized carbons (Fsp3) is 0.217. The number of amides is 4. The molecule has 10 heteroatoms. The zero-order valence-corrected chi connectivity index (χ0v) is 19.0. The van der Waals surface area contributed by atoms with E-state index in [0.29, 0.717) is 22.0 Å². The SMILES string of the molecule is Cc1c(NC(=O)CN2C(=O)N[C@@](C)(c3ccc(Cl)cc3)C2=O)c(=O)n(-c2ccccc2)n1C. The normalized spacial score (nSPS) is 17.9. The summed E-state index contributed by atoms with van der Waals surface area (Å²) in [5.74, 6) is -1.23. The number of para-hydroxylation sites is 1. The second kappa shape index (κ2) is 8.25. The molecule has 0 unspecified atom stereocenters. The lowest BCUT2D eigenvalue weighted by Crippen LogP contribution is -2.42. The summed E-state index contributed by atoms with van der Waals surface area (Å²) < 4.78 is 3.05. The van der Waals surface area contributed by atoms with Crippen LogP contribution in [0.1, 0.15) is 18.2 Å². The van der Waals surface area contributed by atoms with Gasteiger partial charge in [0.25, 0.3) is 11.5 Å². The second-order valence-corrected chi connectivity index (χ2v) is 8.37. The first-order valence-corrected chi connectivity index (χ1v) is 10.6. The summed E-state index contributed by atoms with van der Waals surface area (Å²) in [6.07, 6.45) is 0. The number of benzene rings is 2. The molecule has 1 saturated heterocycles. The summed E-state index contributed by atoms with van der Waals surface area (Å²) in [6.45, 7) is 2.73. The number of anilines is 1. The first-order chi connectivity index (χ1) is 15.6. The molecule has 2 aromatic carbocycles. The Bertz CT molecular complexity index is 1310. The van der Waals surface area contributed by atoms with Gasteiger partial charge in [-0.05, 0) is 43.7 Å². The molecular formula is C23H22ClN5O4. The molecule has 9 nitrogen and oxygen atoms in total. The van der Waals surface area contributed by atoms with E-state index < -0.39 is 35.5 Å². The molecule has 4 amide bonds. The number of imide groups is 1. The summed E-state index contributed by atoms with van der Waals surface area (Å²) in [7, 11) is 1.70. The van der Waals surface area contributed by atoms with Crippen LogP contribution >= 0.6 is 11.6 Å². The Balaban J connectivity index is 1.55. The van der Waals surface area contributed by atoms with Crippen molar-refractivity contribution in [3.63, 3.8) is 0 Å². The molecule has 2 N–H and O–H groups in total. The molecule has 0 spiro atoms. The van der Waals surface area contributed by atoms with E-state index in [9.17, 15) is 19.2 Å². The Morgan fingerprint density at radius 3 is 2.33 bits per heavy atom. The highest BCUT2D eigenvalue weighted by Crippen LogP contribution is 2.29. The number of hydrogen-bond acceptors (Lipinski definition) is 4. The van der Waals surface area contributed by atoms with Gasteiger partial charge in [-0.15, -0.1) is 0 Å². The Hall–Kier alpha value is -3.85. The van der Waals surface area contributed by atoms with Crippen LogP contribution in [0.2, 0.25) is 5.02 Å². The van der Waals surface area contributed by atoms with Crippen LogP contribution in [-0.4, -0.2) is 38.7 Å². The van der Waals surface area contributed by atoms with Gasteiger partial charge in [-0.25, -0.2) is 9.48 Å². The Labute approximate surface area is 194 Å². The number of nitrogens with zero attached hydrogens (tertiary/aromatic N) is 3. The minimum absolute atomic E-state index is 0.0823. The van der Waals surface area contributed by atoms with Crippen molar-refractivity contribution in [2.24, 2.45) is 7.05 Å². The van der Waals surface area contributed by atoms with Crippen LogP contribution in [0.4, 0.5) is 10.5 Å². The Morgan fingerprint density at radius 2 is 1.70 bits per heavy atom. The summed E-state index contributed by atoms with van der Waals surface area (Å²) in [5.41, 5.74) is 0.0428. The van der Waals surface area contributed by atoms with Crippen LogP contribution in [0.15, 0.2) is 59.4 Å². The van der Waals surface area contributed by atoms with Crippen LogP contribution in [-0.2, 0) is 22.2 Å². The molecule has 3 aromatic rings. The van der Waals surface area contributed by atoms with E-state index >= 15 is 0 Å². The number of aromatic nitrogens is 2. The number of rotatable bonds is 5. The average molecular weight is 468 g/mol. The van der Waals surface area contributed by atoms with E-state index in [1.54, 1.807) is 74.1 Å². The Kier molecular flexibility index (Phi) is 5.59. The molecule has 33 heavy (non-hydrogen) atoms. The quantitative estimate of drug-likeness (QED) is 0.562. The van der Waals surface area contributed by atoms with Crippen molar-refractivity contribution in [1.29, 1.82) is 0 Å². The molecule has 1 fully saturated rings. The predicted molar refractivity (Wildman–Crippen MR) is 123 cm³/mol. The number of hydrogen-bond donors (Lipinski definition) is 2. The van der Waals surface area contributed by atoms with Crippen molar-refractivity contribution in [2.75, 3.05) is 11.9 Å². The molecule has 170 valence electrons. The number of carbonyl (C=O) groups excluding carboxylic acids is 3. The maximum absolute atomic E-state index is 13.0. The molecule has 0 aliphatic carbocycles. The molecule has 1 atom stereocenters. The van der Waals surface area contributed by atoms with Crippen molar-refractivity contribution in [3.8, 4) is 5.69 Å². The zero-order valence-electron chi connectivity index (χ0n) is 18.3. The summed E-state index contributed by atoms with van der Waals surface area (Å²) >= 11 is 5.92. The molecule has 0 bridgehead atoms. The average Bonchev–Trinajstić information content (AvgIpc) is 3.14. The summed E-state index contributed by atoms with van der Waals surface area (Å²) in [5, 5.41) is 5.70. The molecule has 1 aromatic heterocycles. The standard InChI is InChI=1S/C23H22ClN5O4/c1-14-19(20(31)29(27(14)3)17-7-5-4-6-8-17)25-18(30)13-28-21(32)23(2,26-22(28)33)15-9-11-16(24)12-10-15/h4-12H,13H2,1-3H3,(H,25,30)(H,26,33)/t23-/m0/s1. The number of nitrogens with one attached hydrogen (secondary N) is 2.